The first-order valence-electron chi connectivity index (χ1n) is 9.93. The Kier molecular flexibility index (Phi) is 6.60. The fraction of sp³-hybridized carbons (Fsp3) is 0.571. The van der Waals surface area contributed by atoms with Crippen molar-refractivity contribution in [3.8, 4) is 0 Å². The van der Waals surface area contributed by atoms with E-state index in [0.717, 1.165) is 12.3 Å². The van der Waals surface area contributed by atoms with Crippen molar-refractivity contribution in [2.75, 3.05) is 6.54 Å². The first-order valence-corrected chi connectivity index (χ1v) is 10.3. The molecular weight excluding hydrogens is 380 g/mol. The van der Waals surface area contributed by atoms with E-state index in [4.69, 9.17) is 16.7 Å². The van der Waals surface area contributed by atoms with Gasteiger partial charge in [-0.15, -0.1) is 0 Å². The summed E-state index contributed by atoms with van der Waals surface area (Å²) in [6, 6.07) is 5.53. The molecule has 7 heteroatoms. The van der Waals surface area contributed by atoms with Gasteiger partial charge in [0.25, 0.3) is 5.91 Å². The summed E-state index contributed by atoms with van der Waals surface area (Å²) in [5, 5.41) is 14.9. The first kappa shape index (κ1) is 20.6. The van der Waals surface area contributed by atoms with Gasteiger partial charge in [-0.1, -0.05) is 17.7 Å². The summed E-state index contributed by atoms with van der Waals surface area (Å²) < 4.78 is 0. The van der Waals surface area contributed by atoms with Crippen molar-refractivity contribution in [2.24, 2.45) is 11.3 Å². The van der Waals surface area contributed by atoms with Crippen LogP contribution in [0.1, 0.15) is 61.7 Å². The van der Waals surface area contributed by atoms with Crippen LogP contribution in [-0.2, 0) is 9.59 Å². The number of carboxylic acids is 1. The van der Waals surface area contributed by atoms with Gasteiger partial charge < -0.3 is 15.7 Å². The molecule has 3 rings (SSSR count). The fourth-order valence-corrected chi connectivity index (χ4v) is 4.83. The van der Waals surface area contributed by atoms with Crippen LogP contribution in [0.4, 0.5) is 0 Å². The molecule has 2 fully saturated rings. The number of hydrogen-bond donors (Lipinski definition) is 3. The number of nitrogens with one attached hydrogen (secondary N) is 2. The summed E-state index contributed by atoms with van der Waals surface area (Å²) in [5.74, 6) is -0.922. The van der Waals surface area contributed by atoms with Crippen LogP contribution in [-0.4, -0.2) is 35.5 Å². The molecule has 2 saturated carbocycles. The van der Waals surface area contributed by atoms with Crippen LogP contribution >= 0.6 is 11.6 Å². The van der Waals surface area contributed by atoms with E-state index < -0.39 is 17.9 Å². The topological polar surface area (TPSA) is 95.5 Å². The summed E-state index contributed by atoms with van der Waals surface area (Å²) in [5.41, 5.74) is 0.709. The number of carbonyl (C=O) groups excluding carboxylic acids is 2. The van der Waals surface area contributed by atoms with Gasteiger partial charge in [0.1, 0.15) is 6.04 Å². The Bertz CT molecular complexity index is 744. The normalized spacial score (nSPS) is 24.0. The lowest BCUT2D eigenvalue weighted by molar-refractivity contribution is -0.137. The molecule has 6 nitrogen and oxygen atoms in total. The summed E-state index contributed by atoms with van der Waals surface area (Å²) in [6.07, 6.45) is 7.12. The molecule has 152 valence electrons. The number of hydrogen-bond acceptors (Lipinski definition) is 3. The number of amides is 2. The molecular formula is C21H27ClN2O4. The molecule has 2 bridgehead atoms. The van der Waals surface area contributed by atoms with Gasteiger partial charge in [-0.05, 0) is 74.5 Å². The van der Waals surface area contributed by atoms with E-state index in [0.29, 0.717) is 22.5 Å². The zero-order chi connectivity index (χ0) is 20.1. The van der Waals surface area contributed by atoms with Crippen LogP contribution < -0.4 is 10.6 Å². The number of rotatable bonds is 9. The van der Waals surface area contributed by atoms with Gasteiger partial charge >= 0.3 is 5.97 Å². The maximum atomic E-state index is 12.6. The quantitative estimate of drug-likeness (QED) is 0.585. The van der Waals surface area contributed by atoms with E-state index in [1.807, 2.05) is 0 Å². The zero-order valence-corrected chi connectivity index (χ0v) is 16.6. The highest BCUT2D eigenvalue weighted by atomic mass is 35.5. The molecule has 3 N–H and O–H groups in total. The van der Waals surface area contributed by atoms with Crippen molar-refractivity contribution < 1.29 is 19.5 Å². The SMILES string of the molecule is O=C(O)CCC(NC(=O)c1cccc(Cl)c1)C(=O)NCCC12CCC(CC1)C2. The molecule has 0 spiro atoms. The fourth-order valence-electron chi connectivity index (χ4n) is 4.64. The highest BCUT2D eigenvalue weighted by molar-refractivity contribution is 6.31. The minimum Gasteiger partial charge on any atom is -0.481 e. The van der Waals surface area contributed by atoms with Crippen molar-refractivity contribution in [1.29, 1.82) is 0 Å². The standard InChI is InChI=1S/C21H27ClN2O4/c22-16-3-1-2-15(12-16)19(27)24-17(4-5-18(25)26)20(28)23-11-10-21-8-6-14(13-21)7-9-21/h1-3,12,14,17H,4-11,13H2,(H,23,28)(H,24,27)(H,25,26). The number of carbonyl (C=O) groups is 3. The molecule has 0 heterocycles. The smallest absolute Gasteiger partial charge is 0.303 e. The molecule has 0 aliphatic heterocycles. The molecule has 1 aromatic rings. The lowest BCUT2D eigenvalue weighted by Crippen LogP contribution is -2.47. The third-order valence-electron chi connectivity index (χ3n) is 6.20. The summed E-state index contributed by atoms with van der Waals surface area (Å²) in [6.45, 7) is 0.558. The second-order valence-electron chi connectivity index (χ2n) is 8.16. The Morgan fingerprint density at radius 1 is 1.25 bits per heavy atom. The molecule has 0 radical (unpaired) electrons. The third kappa shape index (κ3) is 5.25. The van der Waals surface area contributed by atoms with Crippen molar-refractivity contribution in [2.45, 2.75) is 57.4 Å². The lowest BCUT2D eigenvalue weighted by Gasteiger charge is -2.27. The van der Waals surface area contributed by atoms with Gasteiger partial charge in [-0.2, -0.15) is 0 Å². The molecule has 1 atom stereocenters. The Hall–Kier alpha value is -2.08. The maximum Gasteiger partial charge on any atom is 0.303 e. The van der Waals surface area contributed by atoms with Gasteiger partial charge in [-0.25, -0.2) is 0 Å². The molecule has 1 aromatic carbocycles. The number of halogens is 1. The monoisotopic (exact) mass is 406 g/mol. The second kappa shape index (κ2) is 8.95. The average molecular weight is 407 g/mol. The highest BCUT2D eigenvalue weighted by Gasteiger charge is 2.44. The maximum absolute atomic E-state index is 12.6. The number of carboxylic acid groups (broad SMARTS) is 1. The zero-order valence-electron chi connectivity index (χ0n) is 15.9. The van der Waals surface area contributed by atoms with E-state index in [1.54, 1.807) is 18.2 Å². The van der Waals surface area contributed by atoms with Crippen molar-refractivity contribution >= 4 is 29.4 Å². The Morgan fingerprint density at radius 2 is 2.00 bits per heavy atom. The first-order chi connectivity index (χ1) is 13.4. The average Bonchev–Trinajstić information content (AvgIpc) is 3.25. The highest BCUT2D eigenvalue weighted by Crippen LogP contribution is 2.55. The van der Waals surface area contributed by atoms with Gasteiger partial charge in [0.2, 0.25) is 5.91 Å². The van der Waals surface area contributed by atoms with E-state index in [9.17, 15) is 14.4 Å². The van der Waals surface area contributed by atoms with Crippen molar-refractivity contribution in [3.63, 3.8) is 0 Å². The van der Waals surface area contributed by atoms with Crippen LogP contribution in [0.3, 0.4) is 0 Å². The van der Waals surface area contributed by atoms with Crippen LogP contribution in [0.15, 0.2) is 24.3 Å². The van der Waals surface area contributed by atoms with Gasteiger partial charge in [0.15, 0.2) is 0 Å². The van der Waals surface area contributed by atoms with Crippen LogP contribution in [0.2, 0.25) is 5.02 Å². The lowest BCUT2D eigenvalue weighted by atomic mass is 9.81. The van der Waals surface area contributed by atoms with E-state index >= 15 is 0 Å². The summed E-state index contributed by atoms with van der Waals surface area (Å²) >= 11 is 5.91. The molecule has 1 unspecified atom stereocenters. The van der Waals surface area contributed by atoms with E-state index in [1.165, 1.54) is 38.2 Å². The van der Waals surface area contributed by atoms with Crippen molar-refractivity contribution in [3.05, 3.63) is 34.9 Å². The minimum atomic E-state index is -1.00. The number of fused-ring (bicyclic) bond motifs is 2. The predicted molar refractivity (Wildman–Crippen MR) is 106 cm³/mol. The Labute approximate surface area is 170 Å². The second-order valence-corrected chi connectivity index (χ2v) is 8.59. The van der Waals surface area contributed by atoms with Gasteiger partial charge in [0.05, 0.1) is 0 Å². The van der Waals surface area contributed by atoms with Crippen LogP contribution in [0, 0.1) is 11.3 Å². The molecule has 28 heavy (non-hydrogen) atoms. The van der Waals surface area contributed by atoms with Gasteiger partial charge in [0, 0.05) is 23.6 Å². The predicted octanol–water partition coefficient (Wildman–Crippen LogP) is 3.39. The third-order valence-corrected chi connectivity index (χ3v) is 6.43. The Morgan fingerprint density at radius 3 is 2.61 bits per heavy atom. The van der Waals surface area contributed by atoms with Crippen LogP contribution in [0.5, 0.6) is 0 Å². The molecule has 0 saturated heterocycles. The number of benzene rings is 1. The molecule has 0 aromatic heterocycles. The molecule has 2 aliphatic carbocycles. The molecule has 2 amide bonds. The number of aliphatic carboxylic acids is 1. The van der Waals surface area contributed by atoms with Crippen LogP contribution in [0.25, 0.3) is 0 Å². The van der Waals surface area contributed by atoms with E-state index in [-0.39, 0.29) is 18.7 Å². The Balaban J connectivity index is 1.55. The minimum absolute atomic E-state index is 0.0424. The molecule has 2 aliphatic rings. The summed E-state index contributed by atoms with van der Waals surface area (Å²) in [4.78, 5) is 36.0. The van der Waals surface area contributed by atoms with Crippen molar-refractivity contribution in [1.82, 2.24) is 10.6 Å². The largest absolute Gasteiger partial charge is 0.481 e. The van der Waals surface area contributed by atoms with Gasteiger partial charge in [-0.3, -0.25) is 14.4 Å². The van der Waals surface area contributed by atoms with E-state index in [2.05, 4.69) is 10.6 Å². The summed E-state index contributed by atoms with van der Waals surface area (Å²) in [7, 11) is 0.